The zero-order valence-electron chi connectivity index (χ0n) is 17.9. The van der Waals surface area contributed by atoms with Gasteiger partial charge in [0.15, 0.2) is 0 Å². The average Bonchev–Trinajstić information content (AvgIpc) is 2.84. The number of nitro groups is 2. The van der Waals surface area contributed by atoms with Crippen molar-refractivity contribution < 1.29 is 28.9 Å². The molecular weight excluding hydrogens is 448 g/mol. The predicted molar refractivity (Wildman–Crippen MR) is 122 cm³/mol. The molecule has 34 heavy (non-hydrogen) atoms. The summed E-state index contributed by atoms with van der Waals surface area (Å²) in [7, 11) is 2.71. The molecule has 0 bridgehead atoms. The van der Waals surface area contributed by atoms with Crippen molar-refractivity contribution in [2.45, 2.75) is 0 Å². The van der Waals surface area contributed by atoms with Gasteiger partial charge in [0.1, 0.15) is 22.9 Å². The number of carbonyl (C=O) groups is 2. The van der Waals surface area contributed by atoms with Gasteiger partial charge < -0.3 is 20.1 Å². The van der Waals surface area contributed by atoms with E-state index in [1.807, 2.05) is 0 Å². The van der Waals surface area contributed by atoms with Crippen LogP contribution in [0.5, 0.6) is 11.5 Å². The number of rotatable bonds is 8. The number of ether oxygens (including phenoxy) is 2. The Kier molecular flexibility index (Phi) is 7.01. The Labute approximate surface area is 192 Å². The number of benzene rings is 3. The summed E-state index contributed by atoms with van der Waals surface area (Å²) in [6.45, 7) is 0. The van der Waals surface area contributed by atoms with E-state index < -0.39 is 21.7 Å². The summed E-state index contributed by atoms with van der Waals surface area (Å²) in [6, 6.07) is 13.4. The molecule has 2 N–H and O–H groups in total. The SMILES string of the molecule is COc1ccc(NC(=O)c2cccc(C(=O)Nc3ccc(OC)cc3[N+](=O)[O-])c2)c([N+](=O)[O-])c1. The van der Waals surface area contributed by atoms with Crippen LogP contribution in [0.3, 0.4) is 0 Å². The van der Waals surface area contributed by atoms with E-state index in [0.717, 1.165) is 0 Å². The summed E-state index contributed by atoms with van der Waals surface area (Å²) >= 11 is 0. The highest BCUT2D eigenvalue weighted by Crippen LogP contribution is 2.30. The van der Waals surface area contributed by atoms with Crippen LogP contribution >= 0.6 is 0 Å². The lowest BCUT2D eigenvalue weighted by Crippen LogP contribution is -2.16. The van der Waals surface area contributed by atoms with Gasteiger partial charge in [0.2, 0.25) is 0 Å². The Balaban J connectivity index is 1.83. The van der Waals surface area contributed by atoms with E-state index >= 15 is 0 Å². The number of nitrogens with one attached hydrogen (secondary N) is 2. The van der Waals surface area contributed by atoms with Gasteiger partial charge in [-0.1, -0.05) is 6.07 Å². The number of amides is 2. The van der Waals surface area contributed by atoms with Crippen molar-refractivity contribution in [3.63, 3.8) is 0 Å². The molecule has 0 unspecified atom stereocenters. The summed E-state index contributed by atoms with van der Waals surface area (Å²) < 4.78 is 9.93. The molecule has 0 aliphatic heterocycles. The van der Waals surface area contributed by atoms with Crippen LogP contribution < -0.4 is 20.1 Å². The average molecular weight is 466 g/mol. The van der Waals surface area contributed by atoms with Crippen LogP contribution in [-0.4, -0.2) is 35.9 Å². The Morgan fingerprint density at radius 3 is 1.47 bits per heavy atom. The molecule has 12 heteroatoms. The number of hydrogen-bond donors (Lipinski definition) is 2. The summed E-state index contributed by atoms with van der Waals surface area (Å²) in [6.07, 6.45) is 0. The number of hydrogen-bond acceptors (Lipinski definition) is 8. The highest BCUT2D eigenvalue weighted by atomic mass is 16.6. The van der Waals surface area contributed by atoms with Crippen LogP contribution in [0.1, 0.15) is 20.7 Å². The molecule has 3 aromatic rings. The van der Waals surface area contributed by atoms with Crippen LogP contribution in [0.25, 0.3) is 0 Å². The van der Waals surface area contributed by atoms with Crippen molar-refractivity contribution in [1.29, 1.82) is 0 Å². The second-order valence-electron chi connectivity index (χ2n) is 6.77. The summed E-state index contributed by atoms with van der Waals surface area (Å²) in [4.78, 5) is 46.7. The molecule has 2 amide bonds. The standard InChI is InChI=1S/C22H18N4O8/c1-33-15-6-8-17(19(11-15)25(29)30)23-21(27)13-4-3-5-14(10-13)22(28)24-18-9-7-16(34-2)12-20(18)26(31)32/h3-12H,1-2H3,(H,23,27)(H,24,28). The molecule has 3 aromatic carbocycles. The van der Waals surface area contributed by atoms with E-state index in [1.165, 1.54) is 74.9 Å². The van der Waals surface area contributed by atoms with Crippen LogP contribution in [0.4, 0.5) is 22.7 Å². The molecule has 0 fully saturated rings. The minimum Gasteiger partial charge on any atom is -0.496 e. The normalized spacial score (nSPS) is 10.2. The molecule has 3 rings (SSSR count). The van der Waals surface area contributed by atoms with E-state index in [0.29, 0.717) is 0 Å². The molecule has 0 saturated heterocycles. The Morgan fingerprint density at radius 1 is 0.706 bits per heavy atom. The second-order valence-corrected chi connectivity index (χ2v) is 6.77. The lowest BCUT2D eigenvalue weighted by Gasteiger charge is -2.10. The minimum atomic E-state index is -0.696. The zero-order valence-corrected chi connectivity index (χ0v) is 17.9. The van der Waals surface area contributed by atoms with Crippen LogP contribution in [0, 0.1) is 20.2 Å². The maximum Gasteiger partial charge on any atom is 0.296 e. The third kappa shape index (κ3) is 5.24. The molecule has 174 valence electrons. The molecule has 0 aliphatic carbocycles. The summed E-state index contributed by atoms with van der Waals surface area (Å²) in [5.41, 5.74) is -0.759. The van der Waals surface area contributed by atoms with Crippen molar-refractivity contribution in [2.24, 2.45) is 0 Å². The lowest BCUT2D eigenvalue weighted by molar-refractivity contribution is -0.384. The second kappa shape index (κ2) is 10.1. The summed E-state index contributed by atoms with van der Waals surface area (Å²) in [5, 5.41) is 27.5. The van der Waals surface area contributed by atoms with E-state index in [4.69, 9.17) is 9.47 Å². The van der Waals surface area contributed by atoms with Gasteiger partial charge in [-0.15, -0.1) is 0 Å². The van der Waals surface area contributed by atoms with E-state index in [9.17, 15) is 29.8 Å². The van der Waals surface area contributed by atoms with Gasteiger partial charge in [-0.05, 0) is 42.5 Å². The monoisotopic (exact) mass is 466 g/mol. The highest BCUT2D eigenvalue weighted by molar-refractivity contribution is 6.09. The van der Waals surface area contributed by atoms with Gasteiger partial charge in [0.25, 0.3) is 23.2 Å². The number of carbonyl (C=O) groups excluding carboxylic acids is 2. The fourth-order valence-electron chi connectivity index (χ4n) is 2.98. The van der Waals surface area contributed by atoms with Crippen LogP contribution in [-0.2, 0) is 0 Å². The third-order valence-corrected chi connectivity index (χ3v) is 4.69. The van der Waals surface area contributed by atoms with Crippen LogP contribution in [0.15, 0.2) is 60.7 Å². The number of nitro benzene ring substituents is 2. The maximum absolute atomic E-state index is 12.7. The third-order valence-electron chi connectivity index (χ3n) is 4.69. The lowest BCUT2D eigenvalue weighted by atomic mass is 10.1. The Morgan fingerprint density at radius 2 is 1.12 bits per heavy atom. The van der Waals surface area contributed by atoms with Crippen molar-refractivity contribution in [2.75, 3.05) is 24.9 Å². The van der Waals surface area contributed by atoms with Gasteiger partial charge in [-0.3, -0.25) is 29.8 Å². The molecule has 0 saturated carbocycles. The number of methoxy groups -OCH3 is 2. The van der Waals surface area contributed by atoms with E-state index in [2.05, 4.69) is 10.6 Å². The molecule has 0 aliphatic rings. The summed E-state index contributed by atoms with van der Waals surface area (Å²) in [5.74, 6) is -0.899. The molecule has 0 aromatic heterocycles. The minimum absolute atomic E-state index is 0.0435. The number of nitrogens with zero attached hydrogens (tertiary/aromatic N) is 2. The predicted octanol–water partition coefficient (Wildman–Crippen LogP) is 4.02. The first-order valence-corrected chi connectivity index (χ1v) is 9.61. The van der Waals surface area contributed by atoms with E-state index in [-0.39, 0.29) is 45.4 Å². The molecule has 0 heterocycles. The largest absolute Gasteiger partial charge is 0.496 e. The van der Waals surface area contributed by atoms with Gasteiger partial charge in [-0.2, -0.15) is 0 Å². The first kappa shape index (κ1) is 23.7. The van der Waals surface area contributed by atoms with Gasteiger partial charge in [0.05, 0.1) is 36.2 Å². The van der Waals surface area contributed by atoms with Crippen LogP contribution in [0.2, 0.25) is 0 Å². The fourth-order valence-corrected chi connectivity index (χ4v) is 2.98. The zero-order chi connectivity index (χ0) is 24.8. The molecule has 0 atom stereocenters. The number of anilines is 2. The Bertz CT molecular complexity index is 1200. The molecule has 12 nitrogen and oxygen atoms in total. The van der Waals surface area contributed by atoms with Crippen molar-refractivity contribution in [1.82, 2.24) is 0 Å². The smallest absolute Gasteiger partial charge is 0.296 e. The highest BCUT2D eigenvalue weighted by Gasteiger charge is 2.20. The maximum atomic E-state index is 12.7. The van der Waals surface area contributed by atoms with Gasteiger partial charge in [0, 0.05) is 11.1 Å². The van der Waals surface area contributed by atoms with Gasteiger partial charge >= 0.3 is 0 Å². The Hall–Kier alpha value is -5.00. The van der Waals surface area contributed by atoms with E-state index in [1.54, 1.807) is 0 Å². The first-order valence-electron chi connectivity index (χ1n) is 9.61. The quantitative estimate of drug-likeness (QED) is 0.371. The first-order chi connectivity index (χ1) is 16.2. The molecule has 0 spiro atoms. The van der Waals surface area contributed by atoms with Crippen molar-refractivity contribution in [3.05, 3.63) is 92.0 Å². The van der Waals surface area contributed by atoms with Crippen molar-refractivity contribution in [3.8, 4) is 11.5 Å². The molecule has 0 radical (unpaired) electrons. The van der Waals surface area contributed by atoms with Crippen molar-refractivity contribution >= 4 is 34.6 Å². The molecular formula is C22H18N4O8. The van der Waals surface area contributed by atoms with Gasteiger partial charge in [-0.25, -0.2) is 0 Å². The fraction of sp³-hybridized carbons (Fsp3) is 0.0909. The topological polar surface area (TPSA) is 163 Å².